The first-order valence-corrected chi connectivity index (χ1v) is 6.64. The second kappa shape index (κ2) is 6.65. The van der Waals surface area contributed by atoms with E-state index in [0.29, 0.717) is 23.6 Å². The summed E-state index contributed by atoms with van der Waals surface area (Å²) < 4.78 is 19.0. The Morgan fingerprint density at radius 2 is 2.16 bits per heavy atom. The van der Waals surface area contributed by atoms with E-state index >= 15 is 0 Å². The maximum atomic E-state index is 13.7. The number of rotatable bonds is 4. The summed E-state index contributed by atoms with van der Waals surface area (Å²) in [5.41, 5.74) is 1.10. The molecule has 102 valence electrons. The van der Waals surface area contributed by atoms with E-state index in [-0.39, 0.29) is 5.82 Å². The van der Waals surface area contributed by atoms with Gasteiger partial charge in [0.1, 0.15) is 5.82 Å². The molecule has 4 heteroatoms. The van der Waals surface area contributed by atoms with Crippen molar-refractivity contribution in [2.75, 3.05) is 26.8 Å². The molecule has 0 spiro atoms. The summed E-state index contributed by atoms with van der Waals surface area (Å²) in [5, 5.41) is 8.85. The van der Waals surface area contributed by atoms with E-state index < -0.39 is 0 Å². The van der Waals surface area contributed by atoms with Crippen molar-refractivity contribution in [2.24, 2.45) is 5.92 Å². The highest BCUT2D eigenvalue weighted by atomic mass is 19.1. The predicted molar refractivity (Wildman–Crippen MR) is 71.0 cm³/mol. The number of nitriles is 1. The number of hydrogen-bond acceptors (Lipinski definition) is 3. The Morgan fingerprint density at radius 1 is 1.42 bits per heavy atom. The van der Waals surface area contributed by atoms with Crippen LogP contribution < -0.4 is 0 Å². The molecule has 0 N–H and O–H groups in total. The molecular formula is C15H19FN2O. The molecule has 0 radical (unpaired) electrons. The van der Waals surface area contributed by atoms with Gasteiger partial charge in [-0.15, -0.1) is 0 Å². The molecule has 0 atom stereocenters. The maximum Gasteiger partial charge on any atom is 0.127 e. The lowest BCUT2D eigenvalue weighted by atomic mass is 9.99. The van der Waals surface area contributed by atoms with Crippen molar-refractivity contribution >= 4 is 0 Å². The minimum absolute atomic E-state index is 0.238. The van der Waals surface area contributed by atoms with Gasteiger partial charge in [0.2, 0.25) is 0 Å². The monoisotopic (exact) mass is 262 g/mol. The molecule has 0 unspecified atom stereocenters. The van der Waals surface area contributed by atoms with E-state index in [0.717, 1.165) is 32.6 Å². The SMILES string of the molecule is CN(Cc1cc(C#N)ccc1F)CC1CCOCC1. The van der Waals surface area contributed by atoms with Gasteiger partial charge in [0.15, 0.2) is 0 Å². The number of benzene rings is 1. The van der Waals surface area contributed by atoms with Gasteiger partial charge in [-0.25, -0.2) is 4.39 Å². The molecule has 1 aromatic carbocycles. The molecule has 0 saturated carbocycles. The zero-order valence-corrected chi connectivity index (χ0v) is 11.2. The number of halogens is 1. The Labute approximate surface area is 113 Å². The van der Waals surface area contributed by atoms with Gasteiger partial charge in [0, 0.05) is 31.9 Å². The Bertz CT molecular complexity index is 464. The van der Waals surface area contributed by atoms with Gasteiger partial charge >= 0.3 is 0 Å². The zero-order chi connectivity index (χ0) is 13.7. The lowest BCUT2D eigenvalue weighted by Crippen LogP contribution is -2.29. The summed E-state index contributed by atoms with van der Waals surface area (Å²) in [7, 11) is 1.99. The summed E-state index contributed by atoms with van der Waals surface area (Å²) in [6, 6.07) is 6.56. The topological polar surface area (TPSA) is 36.3 Å². The quantitative estimate of drug-likeness (QED) is 0.836. The minimum atomic E-state index is -0.238. The van der Waals surface area contributed by atoms with Crippen LogP contribution in [-0.2, 0) is 11.3 Å². The molecule has 1 fully saturated rings. The largest absolute Gasteiger partial charge is 0.381 e. The highest BCUT2D eigenvalue weighted by molar-refractivity contribution is 5.33. The van der Waals surface area contributed by atoms with Crippen LogP contribution in [0.4, 0.5) is 4.39 Å². The molecule has 1 aromatic rings. The van der Waals surface area contributed by atoms with Crippen molar-refractivity contribution in [3.05, 3.63) is 35.1 Å². The Balaban J connectivity index is 1.94. The van der Waals surface area contributed by atoms with Crippen molar-refractivity contribution < 1.29 is 9.13 Å². The van der Waals surface area contributed by atoms with Crippen LogP contribution in [0, 0.1) is 23.1 Å². The highest BCUT2D eigenvalue weighted by Crippen LogP contribution is 2.18. The van der Waals surface area contributed by atoms with Gasteiger partial charge in [0.25, 0.3) is 0 Å². The molecule has 1 heterocycles. The number of hydrogen-bond donors (Lipinski definition) is 0. The molecule has 0 amide bonds. The molecule has 2 rings (SSSR count). The van der Waals surface area contributed by atoms with Crippen molar-refractivity contribution in [2.45, 2.75) is 19.4 Å². The van der Waals surface area contributed by atoms with Gasteiger partial charge in [-0.1, -0.05) is 0 Å². The summed E-state index contributed by atoms with van der Waals surface area (Å²) >= 11 is 0. The Morgan fingerprint density at radius 3 is 2.84 bits per heavy atom. The van der Waals surface area contributed by atoms with Crippen LogP contribution in [0.5, 0.6) is 0 Å². The molecule has 1 saturated heterocycles. The fourth-order valence-electron chi connectivity index (χ4n) is 2.49. The van der Waals surface area contributed by atoms with E-state index in [9.17, 15) is 4.39 Å². The van der Waals surface area contributed by atoms with E-state index in [2.05, 4.69) is 4.90 Å². The Hall–Kier alpha value is -1.44. The van der Waals surface area contributed by atoms with Crippen LogP contribution in [-0.4, -0.2) is 31.7 Å². The molecule has 0 aliphatic carbocycles. The van der Waals surface area contributed by atoms with Crippen LogP contribution in [0.2, 0.25) is 0 Å². The van der Waals surface area contributed by atoms with Gasteiger partial charge in [-0.05, 0) is 44.0 Å². The number of nitrogens with zero attached hydrogens (tertiary/aromatic N) is 2. The summed E-state index contributed by atoms with van der Waals surface area (Å²) in [6.07, 6.45) is 2.15. The predicted octanol–water partition coefficient (Wildman–Crippen LogP) is 2.56. The van der Waals surface area contributed by atoms with Gasteiger partial charge in [-0.2, -0.15) is 5.26 Å². The fraction of sp³-hybridized carbons (Fsp3) is 0.533. The lowest BCUT2D eigenvalue weighted by Gasteiger charge is -2.27. The van der Waals surface area contributed by atoms with Crippen molar-refractivity contribution in [1.82, 2.24) is 4.90 Å². The average molecular weight is 262 g/mol. The molecule has 1 aliphatic rings. The fourth-order valence-corrected chi connectivity index (χ4v) is 2.49. The standard InChI is InChI=1S/C15H19FN2O/c1-18(10-12-4-6-19-7-5-12)11-14-8-13(9-17)2-3-15(14)16/h2-3,8,12H,4-7,10-11H2,1H3. The molecule has 1 aliphatic heterocycles. The molecule has 0 bridgehead atoms. The Kier molecular flexibility index (Phi) is 4.89. The maximum absolute atomic E-state index is 13.7. The van der Waals surface area contributed by atoms with Crippen LogP contribution in [0.3, 0.4) is 0 Å². The van der Waals surface area contributed by atoms with Gasteiger partial charge in [-0.3, -0.25) is 0 Å². The first-order valence-electron chi connectivity index (χ1n) is 6.64. The first-order chi connectivity index (χ1) is 9.19. The van der Waals surface area contributed by atoms with Crippen molar-refractivity contribution in [1.29, 1.82) is 5.26 Å². The third-order valence-corrected chi connectivity index (χ3v) is 3.53. The first kappa shape index (κ1) is 14.0. The summed E-state index contributed by atoms with van der Waals surface area (Å²) in [4.78, 5) is 2.12. The normalized spacial score (nSPS) is 16.5. The lowest BCUT2D eigenvalue weighted by molar-refractivity contribution is 0.0548. The summed E-state index contributed by atoms with van der Waals surface area (Å²) in [5.74, 6) is 0.388. The van der Waals surface area contributed by atoms with Crippen molar-refractivity contribution in [3.8, 4) is 6.07 Å². The van der Waals surface area contributed by atoms with Crippen LogP contribution in [0.1, 0.15) is 24.0 Å². The molecule has 3 nitrogen and oxygen atoms in total. The van der Waals surface area contributed by atoms with E-state index in [1.54, 1.807) is 6.07 Å². The summed E-state index contributed by atoms with van der Waals surface area (Å²) in [6.45, 7) is 3.14. The van der Waals surface area contributed by atoms with E-state index in [1.165, 1.54) is 12.1 Å². The molecule has 19 heavy (non-hydrogen) atoms. The highest BCUT2D eigenvalue weighted by Gasteiger charge is 2.16. The van der Waals surface area contributed by atoms with Gasteiger partial charge in [0.05, 0.1) is 11.6 Å². The second-order valence-corrected chi connectivity index (χ2v) is 5.17. The van der Waals surface area contributed by atoms with Crippen molar-refractivity contribution in [3.63, 3.8) is 0 Å². The van der Waals surface area contributed by atoms with Crippen LogP contribution in [0.25, 0.3) is 0 Å². The zero-order valence-electron chi connectivity index (χ0n) is 11.2. The van der Waals surface area contributed by atoms with E-state index in [4.69, 9.17) is 10.00 Å². The minimum Gasteiger partial charge on any atom is -0.381 e. The third-order valence-electron chi connectivity index (χ3n) is 3.53. The molecular weight excluding hydrogens is 243 g/mol. The smallest absolute Gasteiger partial charge is 0.127 e. The molecule has 0 aromatic heterocycles. The van der Waals surface area contributed by atoms with Crippen LogP contribution in [0.15, 0.2) is 18.2 Å². The van der Waals surface area contributed by atoms with Gasteiger partial charge < -0.3 is 9.64 Å². The van der Waals surface area contributed by atoms with E-state index in [1.807, 2.05) is 13.1 Å². The number of ether oxygens (including phenoxy) is 1. The second-order valence-electron chi connectivity index (χ2n) is 5.17. The van der Waals surface area contributed by atoms with Crippen LogP contribution >= 0.6 is 0 Å². The average Bonchev–Trinajstić information content (AvgIpc) is 2.42. The third kappa shape index (κ3) is 4.02.